The Morgan fingerprint density at radius 3 is 2.96 bits per heavy atom. The third-order valence-electron chi connectivity index (χ3n) is 4.14. The van der Waals surface area contributed by atoms with Gasteiger partial charge < -0.3 is 15.3 Å². The normalized spacial score (nSPS) is 20.7. The Kier molecular flexibility index (Phi) is 4.04. The molecule has 1 fully saturated rings. The number of amides is 1. The molecule has 3 rings (SSSR count). The molecular weight excluding hydrogens is 294 g/mol. The average Bonchev–Trinajstić information content (AvgIpc) is 3.09. The van der Waals surface area contributed by atoms with E-state index in [0.29, 0.717) is 24.2 Å². The maximum absolute atomic E-state index is 12.2. The number of β-amino-alcohol motifs (C(OH)–C–C–N with tert-alkyl or cyclic N) is 1. The molecule has 0 unspecified atom stereocenters. The van der Waals surface area contributed by atoms with E-state index < -0.39 is 5.60 Å². The van der Waals surface area contributed by atoms with E-state index in [-0.39, 0.29) is 12.5 Å². The van der Waals surface area contributed by atoms with Gasteiger partial charge in [0.25, 0.3) is 5.91 Å². The molecule has 1 amide bonds. The number of aromatic nitrogens is 3. The first-order valence-electron chi connectivity index (χ1n) is 7.64. The van der Waals surface area contributed by atoms with E-state index in [2.05, 4.69) is 15.4 Å². The summed E-state index contributed by atoms with van der Waals surface area (Å²) in [6, 6.07) is 5.71. The molecule has 2 aromatic heterocycles. The van der Waals surface area contributed by atoms with Crippen molar-refractivity contribution < 1.29 is 9.90 Å². The molecule has 0 spiro atoms. The lowest BCUT2D eigenvalue weighted by Crippen LogP contribution is -2.45. The van der Waals surface area contributed by atoms with E-state index in [1.807, 2.05) is 23.1 Å². The Morgan fingerprint density at radius 2 is 2.30 bits per heavy atom. The smallest absolute Gasteiger partial charge is 0.254 e. The van der Waals surface area contributed by atoms with Gasteiger partial charge in [-0.3, -0.25) is 9.48 Å². The van der Waals surface area contributed by atoms with Crippen LogP contribution < -0.4 is 10.2 Å². The van der Waals surface area contributed by atoms with E-state index in [0.717, 1.165) is 12.4 Å². The summed E-state index contributed by atoms with van der Waals surface area (Å²) in [5.74, 6) is 0.637. The van der Waals surface area contributed by atoms with Gasteiger partial charge in [0.1, 0.15) is 11.4 Å². The number of nitrogens with zero attached hydrogens (tertiary/aromatic N) is 4. The number of hydrogen-bond donors (Lipinski definition) is 2. The topological polar surface area (TPSA) is 83.3 Å². The molecule has 0 bridgehead atoms. The van der Waals surface area contributed by atoms with Crippen molar-refractivity contribution in [1.82, 2.24) is 20.1 Å². The lowest BCUT2D eigenvalue weighted by molar-refractivity contribution is 0.0575. The molecule has 2 aromatic rings. The summed E-state index contributed by atoms with van der Waals surface area (Å²) in [6.07, 6.45) is 4.01. The molecule has 23 heavy (non-hydrogen) atoms. The van der Waals surface area contributed by atoms with Gasteiger partial charge in [-0.1, -0.05) is 6.07 Å². The van der Waals surface area contributed by atoms with Crippen molar-refractivity contribution in [3.63, 3.8) is 0 Å². The number of pyridine rings is 1. The summed E-state index contributed by atoms with van der Waals surface area (Å²) < 4.78 is 1.61. The van der Waals surface area contributed by atoms with E-state index in [1.165, 1.54) is 0 Å². The average molecular weight is 315 g/mol. The quantitative estimate of drug-likeness (QED) is 0.858. The summed E-state index contributed by atoms with van der Waals surface area (Å²) in [5, 5.41) is 17.7. The summed E-state index contributed by atoms with van der Waals surface area (Å²) >= 11 is 0. The van der Waals surface area contributed by atoms with E-state index in [4.69, 9.17) is 0 Å². The number of carbonyl (C=O) groups excluding carboxylic acids is 1. The molecule has 7 heteroatoms. The Hall–Kier alpha value is -2.41. The molecule has 0 aromatic carbocycles. The van der Waals surface area contributed by atoms with Crippen molar-refractivity contribution in [1.29, 1.82) is 0 Å². The van der Waals surface area contributed by atoms with Gasteiger partial charge in [0.15, 0.2) is 0 Å². The van der Waals surface area contributed by atoms with Crippen LogP contribution in [0.25, 0.3) is 0 Å². The zero-order chi connectivity index (χ0) is 16.4. The molecule has 3 heterocycles. The van der Waals surface area contributed by atoms with Gasteiger partial charge in [-0.05, 0) is 25.5 Å². The first kappa shape index (κ1) is 15.5. The second-order valence-corrected chi connectivity index (χ2v) is 6.07. The zero-order valence-corrected chi connectivity index (χ0v) is 13.4. The van der Waals surface area contributed by atoms with Crippen LogP contribution in [0.3, 0.4) is 0 Å². The lowest BCUT2D eigenvalue weighted by atomic mass is 10.0. The second kappa shape index (κ2) is 6.00. The van der Waals surface area contributed by atoms with Crippen molar-refractivity contribution in [3.8, 4) is 0 Å². The van der Waals surface area contributed by atoms with E-state index >= 15 is 0 Å². The van der Waals surface area contributed by atoms with Gasteiger partial charge in [-0.2, -0.15) is 5.10 Å². The number of hydrogen-bond acceptors (Lipinski definition) is 5. The van der Waals surface area contributed by atoms with Crippen LogP contribution in [0.4, 0.5) is 5.82 Å². The highest BCUT2D eigenvalue weighted by Crippen LogP contribution is 2.24. The summed E-state index contributed by atoms with van der Waals surface area (Å²) in [4.78, 5) is 18.6. The highest BCUT2D eigenvalue weighted by Gasteiger charge is 2.37. The van der Waals surface area contributed by atoms with Gasteiger partial charge in [-0.25, -0.2) is 4.98 Å². The van der Waals surface area contributed by atoms with Crippen molar-refractivity contribution in [3.05, 3.63) is 41.9 Å². The molecule has 2 N–H and O–H groups in total. The fourth-order valence-corrected chi connectivity index (χ4v) is 2.90. The molecule has 1 atom stereocenters. The zero-order valence-electron chi connectivity index (χ0n) is 13.4. The monoisotopic (exact) mass is 315 g/mol. The standard InChI is InChI=1S/C16H21N5O2/c1-12-13(9-20(2)19-12)15(22)18-10-16(23)6-8-21(11-16)14-5-3-4-7-17-14/h3-5,7,9,23H,6,8,10-11H2,1-2H3,(H,18,22)/t16-/m0/s1. The van der Waals surface area contributed by atoms with Gasteiger partial charge in [-0.15, -0.1) is 0 Å². The number of rotatable bonds is 4. The molecule has 0 saturated carbocycles. The van der Waals surface area contributed by atoms with Crippen LogP contribution in [0.2, 0.25) is 0 Å². The van der Waals surface area contributed by atoms with Crippen LogP contribution in [0.5, 0.6) is 0 Å². The number of aliphatic hydroxyl groups is 1. The van der Waals surface area contributed by atoms with Crippen LogP contribution >= 0.6 is 0 Å². The summed E-state index contributed by atoms with van der Waals surface area (Å²) in [6.45, 7) is 3.18. The minimum absolute atomic E-state index is 0.208. The predicted octanol–water partition coefficient (Wildman–Crippen LogP) is 0.495. The van der Waals surface area contributed by atoms with Crippen LogP contribution in [0.1, 0.15) is 22.5 Å². The second-order valence-electron chi connectivity index (χ2n) is 6.07. The van der Waals surface area contributed by atoms with Crippen LogP contribution in [0, 0.1) is 6.92 Å². The molecule has 0 radical (unpaired) electrons. The number of carbonyl (C=O) groups is 1. The largest absolute Gasteiger partial charge is 0.386 e. The molecule has 0 aliphatic carbocycles. The van der Waals surface area contributed by atoms with Crippen LogP contribution in [-0.2, 0) is 7.05 Å². The first-order chi connectivity index (χ1) is 11.0. The van der Waals surface area contributed by atoms with E-state index in [9.17, 15) is 9.90 Å². The maximum atomic E-state index is 12.2. The van der Waals surface area contributed by atoms with Gasteiger partial charge in [0.05, 0.1) is 11.3 Å². The fraction of sp³-hybridized carbons (Fsp3) is 0.438. The molecule has 1 aliphatic rings. The van der Waals surface area contributed by atoms with Crippen LogP contribution in [-0.4, -0.2) is 51.0 Å². The van der Waals surface area contributed by atoms with Crippen molar-refractivity contribution in [2.75, 3.05) is 24.5 Å². The highest BCUT2D eigenvalue weighted by molar-refractivity contribution is 5.95. The summed E-state index contributed by atoms with van der Waals surface area (Å²) in [5.41, 5.74) is 0.276. The molecule has 1 saturated heterocycles. The summed E-state index contributed by atoms with van der Waals surface area (Å²) in [7, 11) is 1.78. The van der Waals surface area contributed by atoms with Crippen molar-refractivity contribution in [2.45, 2.75) is 18.9 Å². The van der Waals surface area contributed by atoms with Crippen molar-refractivity contribution in [2.24, 2.45) is 7.05 Å². The Bertz CT molecular complexity index is 700. The first-order valence-corrected chi connectivity index (χ1v) is 7.64. The molecule has 1 aliphatic heterocycles. The third kappa shape index (κ3) is 3.34. The van der Waals surface area contributed by atoms with E-state index in [1.54, 1.807) is 31.0 Å². The number of aryl methyl sites for hydroxylation is 2. The van der Waals surface area contributed by atoms with Crippen LogP contribution in [0.15, 0.2) is 30.6 Å². The number of anilines is 1. The van der Waals surface area contributed by atoms with Gasteiger partial charge in [0.2, 0.25) is 0 Å². The Labute approximate surface area is 134 Å². The SMILES string of the molecule is Cc1nn(C)cc1C(=O)NC[C@@]1(O)CCN(c2ccccn2)C1. The highest BCUT2D eigenvalue weighted by atomic mass is 16.3. The Balaban J connectivity index is 1.60. The fourth-order valence-electron chi connectivity index (χ4n) is 2.90. The van der Waals surface area contributed by atoms with Crippen molar-refractivity contribution >= 4 is 11.7 Å². The van der Waals surface area contributed by atoms with Gasteiger partial charge >= 0.3 is 0 Å². The number of nitrogens with one attached hydrogen (secondary N) is 1. The predicted molar refractivity (Wildman–Crippen MR) is 86.3 cm³/mol. The maximum Gasteiger partial charge on any atom is 0.254 e. The lowest BCUT2D eigenvalue weighted by Gasteiger charge is -2.24. The molecular formula is C16H21N5O2. The third-order valence-corrected chi connectivity index (χ3v) is 4.14. The molecule has 122 valence electrons. The Morgan fingerprint density at radius 1 is 1.48 bits per heavy atom. The minimum Gasteiger partial charge on any atom is -0.386 e. The minimum atomic E-state index is -0.941. The molecule has 7 nitrogen and oxygen atoms in total. The van der Waals surface area contributed by atoms with Gasteiger partial charge in [0, 0.05) is 39.1 Å².